The summed E-state index contributed by atoms with van der Waals surface area (Å²) in [6, 6.07) is 16.1. The van der Waals surface area contributed by atoms with E-state index in [4.69, 9.17) is 15.2 Å². The maximum Gasteiger partial charge on any atom is 0.332 e. The molecule has 9 heteroatoms. The summed E-state index contributed by atoms with van der Waals surface area (Å²) >= 11 is 0. The molecule has 0 saturated carbocycles. The topological polar surface area (TPSA) is 123 Å². The van der Waals surface area contributed by atoms with Gasteiger partial charge in [0, 0.05) is 18.7 Å². The van der Waals surface area contributed by atoms with Crippen LogP contribution in [0.15, 0.2) is 70.3 Å². The average molecular weight is 463 g/mol. The summed E-state index contributed by atoms with van der Waals surface area (Å²) in [4.78, 5) is 50.1. The first-order chi connectivity index (χ1) is 16.3. The van der Waals surface area contributed by atoms with Gasteiger partial charge in [-0.15, -0.1) is 0 Å². The molecular weight excluding hydrogens is 438 g/mol. The van der Waals surface area contributed by atoms with Crippen molar-refractivity contribution in [3.8, 4) is 5.75 Å². The van der Waals surface area contributed by atoms with Crippen LogP contribution in [0.3, 0.4) is 0 Å². The molecule has 0 spiro atoms. The third kappa shape index (κ3) is 5.50. The fraction of sp³-hybridized carbons (Fsp3) is 0.200. The molecule has 0 aliphatic rings. The Morgan fingerprint density at radius 2 is 1.71 bits per heavy atom. The molecule has 0 aliphatic heterocycles. The highest BCUT2D eigenvalue weighted by Crippen LogP contribution is 2.19. The molecule has 1 aromatic heterocycles. The van der Waals surface area contributed by atoms with E-state index in [0.717, 1.165) is 20.8 Å². The summed E-state index contributed by atoms with van der Waals surface area (Å²) in [5.74, 6) is -1.27. The average Bonchev–Trinajstić information content (AvgIpc) is 2.84. The molecule has 34 heavy (non-hydrogen) atoms. The molecule has 0 bridgehead atoms. The Labute approximate surface area is 195 Å². The first-order valence-electron chi connectivity index (χ1n) is 10.6. The lowest BCUT2D eigenvalue weighted by Gasteiger charge is -2.14. The van der Waals surface area contributed by atoms with Gasteiger partial charge in [-0.3, -0.25) is 18.7 Å². The van der Waals surface area contributed by atoms with Crippen molar-refractivity contribution in [1.29, 1.82) is 0 Å². The molecule has 9 nitrogen and oxygen atoms in total. The summed E-state index contributed by atoms with van der Waals surface area (Å²) in [5.41, 5.74) is 5.56. The monoisotopic (exact) mass is 463 g/mol. The first-order valence-corrected chi connectivity index (χ1v) is 10.6. The number of nitrogen functional groups attached to an aromatic ring is 1. The van der Waals surface area contributed by atoms with Crippen LogP contribution >= 0.6 is 0 Å². The third-order valence-electron chi connectivity index (χ3n) is 5.01. The zero-order valence-electron chi connectivity index (χ0n) is 18.9. The number of anilines is 1. The largest absolute Gasteiger partial charge is 0.493 e. The van der Waals surface area contributed by atoms with E-state index >= 15 is 0 Å². The van der Waals surface area contributed by atoms with Crippen LogP contribution in [0.1, 0.15) is 28.4 Å². The van der Waals surface area contributed by atoms with Gasteiger partial charge in [0.05, 0.1) is 13.2 Å². The molecule has 176 valence electrons. The number of para-hydroxylation sites is 1. The minimum atomic E-state index is -0.853. The number of ether oxygens (including phenoxy) is 2. The van der Waals surface area contributed by atoms with Gasteiger partial charge in [-0.1, -0.05) is 48.5 Å². The van der Waals surface area contributed by atoms with Gasteiger partial charge in [0.1, 0.15) is 17.1 Å². The van der Waals surface area contributed by atoms with Gasteiger partial charge in [-0.25, -0.2) is 9.59 Å². The van der Waals surface area contributed by atoms with E-state index in [0.29, 0.717) is 17.9 Å². The summed E-state index contributed by atoms with van der Waals surface area (Å²) in [6.07, 6.45) is 2.66. The fourth-order valence-electron chi connectivity index (χ4n) is 3.28. The highest BCUT2D eigenvalue weighted by atomic mass is 16.5. The van der Waals surface area contributed by atoms with Crippen molar-refractivity contribution in [2.45, 2.75) is 13.5 Å². The minimum Gasteiger partial charge on any atom is -0.493 e. The predicted octanol–water partition coefficient (Wildman–Crippen LogP) is 2.02. The van der Waals surface area contributed by atoms with Crippen molar-refractivity contribution >= 4 is 23.6 Å². The normalized spacial score (nSPS) is 10.9. The van der Waals surface area contributed by atoms with Crippen LogP contribution in [0.2, 0.25) is 0 Å². The van der Waals surface area contributed by atoms with E-state index < -0.39 is 35.2 Å². The number of hydrogen-bond acceptors (Lipinski definition) is 7. The maximum absolute atomic E-state index is 12.7. The lowest BCUT2D eigenvalue weighted by Crippen LogP contribution is -2.43. The number of esters is 1. The maximum atomic E-state index is 12.7. The minimum absolute atomic E-state index is 0.0711. The third-order valence-corrected chi connectivity index (χ3v) is 5.01. The smallest absolute Gasteiger partial charge is 0.332 e. The van der Waals surface area contributed by atoms with E-state index in [2.05, 4.69) is 0 Å². The Morgan fingerprint density at radius 3 is 2.41 bits per heavy atom. The van der Waals surface area contributed by atoms with Gasteiger partial charge in [0.15, 0.2) is 6.61 Å². The zero-order valence-corrected chi connectivity index (χ0v) is 18.9. The molecule has 0 fully saturated rings. The number of rotatable bonds is 9. The Bertz CT molecular complexity index is 1340. The van der Waals surface area contributed by atoms with E-state index in [-0.39, 0.29) is 12.4 Å². The number of nitrogens with two attached hydrogens (primary N) is 1. The van der Waals surface area contributed by atoms with Crippen molar-refractivity contribution in [1.82, 2.24) is 9.13 Å². The molecule has 0 unspecified atom stereocenters. The van der Waals surface area contributed by atoms with Crippen LogP contribution in [0.5, 0.6) is 5.75 Å². The second-order valence-electron chi connectivity index (χ2n) is 7.31. The Morgan fingerprint density at radius 1 is 1.03 bits per heavy atom. The molecule has 3 aromatic rings. The van der Waals surface area contributed by atoms with Crippen LogP contribution < -0.4 is 21.7 Å². The highest BCUT2D eigenvalue weighted by molar-refractivity contribution is 6.02. The standard InChI is InChI=1S/C25H25N3O6/c1-3-33-20-12-8-7-11-18(20)13-14-21(30)34-16-19(29)22-23(26)28(25(32)27(2)24(22)31)15-17-9-5-4-6-10-17/h4-14H,3,15-16,26H2,1-2H3/b14-13+. The van der Waals surface area contributed by atoms with Gasteiger partial charge in [-0.2, -0.15) is 0 Å². The number of nitrogens with zero attached hydrogens (tertiary/aromatic N) is 2. The van der Waals surface area contributed by atoms with Crippen LogP contribution in [-0.2, 0) is 23.1 Å². The quantitative estimate of drug-likeness (QED) is 0.293. The van der Waals surface area contributed by atoms with E-state index in [1.165, 1.54) is 13.1 Å². The fourth-order valence-corrected chi connectivity index (χ4v) is 3.28. The van der Waals surface area contributed by atoms with Crippen molar-refractivity contribution in [3.05, 3.63) is 98.2 Å². The van der Waals surface area contributed by atoms with Crippen LogP contribution in [0, 0.1) is 0 Å². The summed E-state index contributed by atoms with van der Waals surface area (Å²) in [5, 5.41) is 0. The Hall–Kier alpha value is -4.40. The van der Waals surface area contributed by atoms with Gasteiger partial charge in [-0.05, 0) is 24.6 Å². The molecule has 2 N–H and O–H groups in total. The molecule has 2 aromatic carbocycles. The van der Waals surface area contributed by atoms with Gasteiger partial charge >= 0.3 is 11.7 Å². The van der Waals surface area contributed by atoms with Crippen molar-refractivity contribution < 1.29 is 19.1 Å². The number of Topliss-reactive ketones (excluding diaryl/α,β-unsaturated/α-hetero) is 1. The molecule has 0 saturated heterocycles. The first kappa shape index (κ1) is 24.2. The Balaban J connectivity index is 1.78. The summed E-state index contributed by atoms with van der Waals surface area (Å²) < 4.78 is 12.4. The second kappa shape index (κ2) is 11.0. The lowest BCUT2D eigenvalue weighted by atomic mass is 10.2. The SMILES string of the molecule is CCOc1ccccc1/C=C/C(=O)OCC(=O)c1c(N)n(Cc2ccccc2)c(=O)n(C)c1=O. The molecule has 0 radical (unpaired) electrons. The molecule has 3 rings (SSSR count). The van der Waals surface area contributed by atoms with Crippen LogP contribution in [0.4, 0.5) is 5.82 Å². The number of benzene rings is 2. The van der Waals surface area contributed by atoms with E-state index in [9.17, 15) is 19.2 Å². The summed E-state index contributed by atoms with van der Waals surface area (Å²) in [7, 11) is 1.26. The highest BCUT2D eigenvalue weighted by Gasteiger charge is 2.22. The van der Waals surface area contributed by atoms with E-state index in [1.807, 2.05) is 19.1 Å². The Kier molecular flexibility index (Phi) is 7.81. The second-order valence-corrected chi connectivity index (χ2v) is 7.31. The van der Waals surface area contributed by atoms with Crippen LogP contribution in [-0.4, -0.2) is 34.1 Å². The van der Waals surface area contributed by atoms with Crippen LogP contribution in [0.25, 0.3) is 6.08 Å². The van der Waals surface area contributed by atoms with Gasteiger partial charge in [0.2, 0.25) is 5.78 Å². The number of aromatic nitrogens is 2. The summed E-state index contributed by atoms with van der Waals surface area (Å²) in [6.45, 7) is 1.67. The number of ketones is 1. The number of hydrogen-bond donors (Lipinski definition) is 1. The molecule has 0 amide bonds. The van der Waals surface area contributed by atoms with Crippen molar-refractivity contribution in [3.63, 3.8) is 0 Å². The number of carbonyl (C=O) groups is 2. The lowest BCUT2D eigenvalue weighted by molar-refractivity contribution is -0.136. The predicted molar refractivity (Wildman–Crippen MR) is 128 cm³/mol. The molecule has 0 aliphatic carbocycles. The molecule has 0 atom stereocenters. The van der Waals surface area contributed by atoms with Gasteiger partial charge < -0.3 is 15.2 Å². The van der Waals surface area contributed by atoms with Crippen molar-refractivity contribution in [2.75, 3.05) is 18.9 Å². The van der Waals surface area contributed by atoms with Crippen molar-refractivity contribution in [2.24, 2.45) is 7.05 Å². The number of carbonyl (C=O) groups excluding carboxylic acids is 2. The zero-order chi connectivity index (χ0) is 24.7. The molecule has 1 heterocycles. The van der Waals surface area contributed by atoms with E-state index in [1.54, 1.807) is 42.5 Å². The van der Waals surface area contributed by atoms with Gasteiger partial charge in [0.25, 0.3) is 5.56 Å². The molecular formula is C25H25N3O6.